The van der Waals surface area contributed by atoms with Gasteiger partial charge in [0, 0.05) is 0 Å². The molecule has 0 N–H and O–H groups in total. The van der Waals surface area contributed by atoms with Crippen molar-refractivity contribution in [3.63, 3.8) is 0 Å². The molecule has 0 bridgehead atoms. The van der Waals surface area contributed by atoms with E-state index in [2.05, 4.69) is 206 Å². The molecule has 0 spiro atoms. The zero-order chi connectivity index (χ0) is 37.3. The predicted octanol–water partition coefficient (Wildman–Crippen LogP) is 15.8. The van der Waals surface area contributed by atoms with E-state index in [9.17, 15) is 0 Å². The molecule has 0 saturated heterocycles. The zero-order valence-corrected chi connectivity index (χ0v) is 31.5. The van der Waals surface area contributed by atoms with Gasteiger partial charge in [0.2, 0.25) is 0 Å². The summed E-state index contributed by atoms with van der Waals surface area (Å²) in [4.78, 5) is 0. The summed E-state index contributed by atoms with van der Waals surface area (Å²) in [7, 11) is 0. The highest BCUT2D eigenvalue weighted by molar-refractivity contribution is 6.20. The van der Waals surface area contributed by atoms with Crippen LogP contribution in [0, 0.1) is 0 Å². The molecular formula is C56H42. The maximum Gasteiger partial charge on any atom is -0.00262 e. The van der Waals surface area contributed by atoms with Gasteiger partial charge in [0.1, 0.15) is 0 Å². The molecule has 0 atom stereocenters. The summed E-state index contributed by atoms with van der Waals surface area (Å²) >= 11 is 0. The molecule has 0 heteroatoms. The lowest BCUT2D eigenvalue weighted by Gasteiger charge is -2.23. The minimum Gasteiger partial charge on any atom is -0.0842 e. The van der Waals surface area contributed by atoms with Crippen LogP contribution in [0.4, 0.5) is 0 Å². The summed E-state index contributed by atoms with van der Waals surface area (Å²) in [5.41, 5.74) is 13.1. The van der Waals surface area contributed by atoms with E-state index < -0.39 is 0 Å². The number of allylic oxidation sites excluding steroid dienone is 8. The number of hydrogen-bond acceptors (Lipinski definition) is 0. The van der Waals surface area contributed by atoms with E-state index >= 15 is 0 Å². The molecule has 2 aliphatic carbocycles. The summed E-state index contributed by atoms with van der Waals surface area (Å²) in [5.74, 6) is 0. The first kappa shape index (κ1) is 33.8. The van der Waals surface area contributed by atoms with Gasteiger partial charge in [-0.3, -0.25) is 0 Å². The Balaban J connectivity index is 1.28. The van der Waals surface area contributed by atoms with Crippen molar-refractivity contribution in [1.29, 1.82) is 0 Å². The second-order valence-electron chi connectivity index (χ2n) is 15.1. The molecule has 0 aromatic heterocycles. The average molecular weight is 715 g/mol. The lowest BCUT2D eigenvalue weighted by molar-refractivity contribution is 0.906. The largest absolute Gasteiger partial charge is 0.0842 e. The summed E-state index contributed by atoms with van der Waals surface area (Å²) in [5, 5.41) is 10.2. The Labute approximate surface area is 329 Å². The highest BCUT2D eigenvalue weighted by atomic mass is 14.2. The summed E-state index contributed by atoms with van der Waals surface area (Å²) in [6, 6.07) is 64.8. The molecule has 0 heterocycles. The van der Waals surface area contributed by atoms with Crippen LogP contribution in [-0.4, -0.2) is 0 Å². The first-order chi connectivity index (χ1) is 27.8. The zero-order valence-electron chi connectivity index (χ0n) is 31.5. The summed E-state index contributed by atoms with van der Waals surface area (Å²) < 4.78 is 0. The fourth-order valence-electron chi connectivity index (χ4n) is 8.83. The van der Waals surface area contributed by atoms with Crippen molar-refractivity contribution in [3.05, 3.63) is 223 Å². The van der Waals surface area contributed by atoms with Crippen LogP contribution in [0.3, 0.4) is 0 Å². The lowest BCUT2D eigenvalue weighted by Crippen LogP contribution is -2.00. The van der Waals surface area contributed by atoms with Gasteiger partial charge in [0.25, 0.3) is 0 Å². The Hall–Kier alpha value is -6.76. The van der Waals surface area contributed by atoms with Gasteiger partial charge in [-0.05, 0) is 149 Å². The summed E-state index contributed by atoms with van der Waals surface area (Å²) in [6.45, 7) is 0. The second kappa shape index (κ2) is 14.8. The Bertz CT molecular complexity index is 2990. The third-order valence-corrected chi connectivity index (χ3v) is 11.7. The predicted molar refractivity (Wildman–Crippen MR) is 242 cm³/mol. The number of fused-ring (bicyclic) bond motifs is 4. The Kier molecular flexibility index (Phi) is 8.94. The number of rotatable bonds is 5. The Morgan fingerprint density at radius 1 is 0.286 bits per heavy atom. The van der Waals surface area contributed by atoms with Crippen LogP contribution in [0.15, 0.2) is 217 Å². The molecule has 10 rings (SSSR count). The maximum atomic E-state index is 2.46. The van der Waals surface area contributed by atoms with E-state index in [1.807, 2.05) is 0 Å². The van der Waals surface area contributed by atoms with Gasteiger partial charge in [0.05, 0.1) is 0 Å². The molecule has 2 aliphatic rings. The van der Waals surface area contributed by atoms with Crippen molar-refractivity contribution < 1.29 is 0 Å². The van der Waals surface area contributed by atoms with Gasteiger partial charge >= 0.3 is 0 Å². The van der Waals surface area contributed by atoms with Crippen molar-refractivity contribution in [2.24, 2.45) is 0 Å². The fraction of sp³-hybridized carbons (Fsp3) is 0.0714. The van der Waals surface area contributed by atoms with Gasteiger partial charge in [0.15, 0.2) is 0 Å². The van der Waals surface area contributed by atoms with Crippen LogP contribution in [0.25, 0.3) is 82.0 Å². The van der Waals surface area contributed by atoms with Crippen LogP contribution >= 0.6 is 0 Å². The van der Waals surface area contributed by atoms with E-state index in [0.717, 1.165) is 25.7 Å². The van der Waals surface area contributed by atoms with E-state index in [-0.39, 0.29) is 0 Å². The molecule has 0 unspecified atom stereocenters. The number of hydrogen-bond donors (Lipinski definition) is 0. The molecular weight excluding hydrogens is 673 g/mol. The molecule has 0 fully saturated rings. The van der Waals surface area contributed by atoms with Crippen LogP contribution < -0.4 is 0 Å². The van der Waals surface area contributed by atoms with Crippen LogP contribution in [0.1, 0.15) is 31.2 Å². The monoisotopic (exact) mass is 714 g/mol. The van der Waals surface area contributed by atoms with E-state index in [1.54, 1.807) is 0 Å². The van der Waals surface area contributed by atoms with E-state index in [1.165, 1.54) is 98.8 Å². The highest BCUT2D eigenvalue weighted by Crippen LogP contribution is 2.46. The minimum atomic E-state index is 1.01. The fourth-order valence-corrected chi connectivity index (χ4v) is 8.83. The quantitative estimate of drug-likeness (QED) is 0.156. The minimum absolute atomic E-state index is 1.01. The van der Waals surface area contributed by atoms with Gasteiger partial charge < -0.3 is 0 Å². The van der Waals surface area contributed by atoms with Crippen molar-refractivity contribution >= 4 is 48.7 Å². The first-order valence-electron chi connectivity index (χ1n) is 19.9. The smallest absolute Gasteiger partial charge is 0.00262 e. The first-order valence-corrected chi connectivity index (χ1v) is 19.9. The van der Waals surface area contributed by atoms with Gasteiger partial charge in [-0.2, -0.15) is 0 Å². The van der Waals surface area contributed by atoms with E-state index in [0.29, 0.717) is 0 Å². The van der Waals surface area contributed by atoms with Gasteiger partial charge in [-0.1, -0.05) is 182 Å². The van der Waals surface area contributed by atoms with E-state index in [4.69, 9.17) is 0 Å². The number of benzene rings is 7. The molecule has 8 aromatic carbocycles. The van der Waals surface area contributed by atoms with Gasteiger partial charge in [-0.15, -0.1) is 0 Å². The van der Waals surface area contributed by atoms with Crippen molar-refractivity contribution in [2.75, 3.05) is 0 Å². The summed E-state index contributed by atoms with van der Waals surface area (Å²) in [6.07, 6.45) is 16.0. The van der Waals surface area contributed by atoms with Crippen molar-refractivity contribution in [1.82, 2.24) is 0 Å². The maximum absolute atomic E-state index is 2.46. The molecule has 0 radical (unpaired) electrons. The van der Waals surface area contributed by atoms with Gasteiger partial charge in [-0.25, -0.2) is 0 Å². The second-order valence-corrected chi connectivity index (χ2v) is 15.1. The van der Waals surface area contributed by atoms with Crippen LogP contribution in [-0.2, 0) is 0 Å². The van der Waals surface area contributed by atoms with Crippen LogP contribution in [0.2, 0.25) is 0 Å². The molecule has 0 nitrogen and oxygen atoms in total. The third kappa shape index (κ3) is 6.44. The molecule has 0 aliphatic heterocycles. The highest BCUT2D eigenvalue weighted by Gasteiger charge is 2.21. The lowest BCUT2D eigenvalue weighted by atomic mass is 9.80. The molecule has 0 amide bonds. The van der Waals surface area contributed by atoms with Crippen molar-refractivity contribution in [3.8, 4) is 33.4 Å². The van der Waals surface area contributed by atoms with Crippen LogP contribution in [0.5, 0.6) is 0 Å². The SMILES string of the molecule is C1=CCCC(C2=CC=C(c3c4cc(-c5ccc6ccccc6c5)ccc4c(-c4ccccccccc4)c4cc(-c5ccc6ccccc6c5)ccc34)CC2)=C1. The molecule has 266 valence electrons. The Morgan fingerprint density at radius 2 is 0.750 bits per heavy atom. The average Bonchev–Trinajstić information content (AvgIpc) is 3.27. The normalized spacial score (nSPS) is 14.0. The van der Waals surface area contributed by atoms with Crippen molar-refractivity contribution in [2.45, 2.75) is 25.7 Å². The standard InChI is InChI=1S/C56H42/c1-2-4-7-19-43(20-8-5-3-1)55-51-33-31-50(48-30-26-41-18-12-14-22-46(41)36-48)38-54(51)56(44-27-23-42(24-28-44)39-15-9-6-10-16-39)52-34-32-49(37-53(52)55)47-29-25-40-17-11-13-21-45(40)35-47/h1-9,11-15,17-23,25-27,29-38H,10,16,24,28H2. The topological polar surface area (TPSA) is 0 Å². The Morgan fingerprint density at radius 3 is 1.32 bits per heavy atom. The third-order valence-electron chi connectivity index (χ3n) is 11.7. The molecule has 8 aromatic rings. The molecule has 0 saturated carbocycles. The molecule has 56 heavy (non-hydrogen) atoms.